The maximum absolute atomic E-state index is 5.68. The van der Waals surface area contributed by atoms with Crippen molar-refractivity contribution in [3.05, 3.63) is 54.2 Å². The third kappa shape index (κ3) is 2.84. The van der Waals surface area contributed by atoms with Gasteiger partial charge in [-0.25, -0.2) is 4.68 Å². The van der Waals surface area contributed by atoms with Crippen LogP contribution in [0.25, 0.3) is 5.76 Å². The summed E-state index contributed by atoms with van der Waals surface area (Å²) in [6, 6.07) is 11.1. The number of aromatic nitrogens is 2. The van der Waals surface area contributed by atoms with E-state index in [2.05, 4.69) is 46.9 Å². The molecule has 1 aliphatic carbocycles. The second-order valence-corrected chi connectivity index (χ2v) is 7.27. The molecule has 0 radical (unpaired) electrons. The Bertz CT molecular complexity index is 744. The minimum atomic E-state index is 0.115. The SMILES string of the molecule is C=C(OCC)c1cnn2c1NC(c1ccccc1)CC21CCCCC1. The first-order valence-electron chi connectivity index (χ1n) is 9.45. The normalized spacial score (nSPS) is 21.4. The molecule has 1 saturated carbocycles. The molecule has 132 valence electrons. The zero-order chi connectivity index (χ0) is 17.3. The Kier molecular flexibility index (Phi) is 4.28. The minimum Gasteiger partial charge on any atom is -0.494 e. The molecule has 1 N–H and O–H groups in total. The van der Waals surface area contributed by atoms with Gasteiger partial charge >= 0.3 is 0 Å². The van der Waals surface area contributed by atoms with E-state index in [0.717, 1.165) is 17.8 Å². The van der Waals surface area contributed by atoms with E-state index < -0.39 is 0 Å². The van der Waals surface area contributed by atoms with E-state index in [9.17, 15) is 0 Å². The van der Waals surface area contributed by atoms with Crippen molar-refractivity contribution in [1.82, 2.24) is 9.78 Å². The maximum atomic E-state index is 5.68. The fraction of sp³-hybridized carbons (Fsp3) is 0.476. The highest BCUT2D eigenvalue weighted by molar-refractivity contribution is 5.69. The first kappa shape index (κ1) is 16.2. The van der Waals surface area contributed by atoms with Crippen LogP contribution in [-0.4, -0.2) is 16.4 Å². The van der Waals surface area contributed by atoms with Crippen molar-refractivity contribution >= 4 is 11.6 Å². The van der Waals surface area contributed by atoms with Gasteiger partial charge in [-0.3, -0.25) is 0 Å². The molecule has 4 rings (SSSR count). The van der Waals surface area contributed by atoms with E-state index in [0.29, 0.717) is 18.4 Å². The molecule has 1 fully saturated rings. The summed E-state index contributed by atoms with van der Waals surface area (Å²) in [6.45, 7) is 6.72. The zero-order valence-electron chi connectivity index (χ0n) is 15.0. The van der Waals surface area contributed by atoms with Crippen LogP contribution in [0, 0.1) is 0 Å². The smallest absolute Gasteiger partial charge is 0.136 e. The Balaban J connectivity index is 1.77. The summed E-state index contributed by atoms with van der Waals surface area (Å²) in [6.07, 6.45) is 9.31. The third-order valence-corrected chi connectivity index (χ3v) is 5.72. The molecule has 25 heavy (non-hydrogen) atoms. The number of rotatable bonds is 4. The minimum absolute atomic E-state index is 0.115. The Hall–Kier alpha value is -2.23. The Morgan fingerprint density at radius 2 is 2.04 bits per heavy atom. The van der Waals surface area contributed by atoms with E-state index >= 15 is 0 Å². The summed E-state index contributed by atoms with van der Waals surface area (Å²) in [7, 11) is 0. The molecule has 1 atom stereocenters. The molecule has 1 aromatic carbocycles. The number of ether oxygens (including phenoxy) is 1. The van der Waals surface area contributed by atoms with Crippen molar-refractivity contribution in [2.45, 2.75) is 57.0 Å². The van der Waals surface area contributed by atoms with Gasteiger partial charge in [-0.15, -0.1) is 0 Å². The molecular formula is C21H27N3O. The number of benzene rings is 1. The van der Waals surface area contributed by atoms with Gasteiger partial charge in [0.15, 0.2) is 0 Å². The molecule has 0 bridgehead atoms. The van der Waals surface area contributed by atoms with Gasteiger partial charge in [0.2, 0.25) is 0 Å². The monoisotopic (exact) mass is 337 g/mol. The summed E-state index contributed by atoms with van der Waals surface area (Å²) in [5.74, 6) is 1.77. The summed E-state index contributed by atoms with van der Waals surface area (Å²) in [4.78, 5) is 0. The number of anilines is 1. The fourth-order valence-electron chi connectivity index (χ4n) is 4.50. The van der Waals surface area contributed by atoms with Gasteiger partial charge in [-0.2, -0.15) is 5.10 Å². The Labute approximate surface area is 149 Å². The summed E-state index contributed by atoms with van der Waals surface area (Å²) in [5.41, 5.74) is 2.45. The van der Waals surface area contributed by atoms with Crippen molar-refractivity contribution in [2.24, 2.45) is 0 Å². The van der Waals surface area contributed by atoms with Crippen LogP contribution in [0.1, 0.15) is 62.6 Å². The lowest BCUT2D eigenvalue weighted by molar-refractivity contribution is 0.141. The molecule has 2 aliphatic rings. The molecule has 1 unspecified atom stereocenters. The Morgan fingerprint density at radius 1 is 1.28 bits per heavy atom. The number of hydrogen-bond acceptors (Lipinski definition) is 3. The van der Waals surface area contributed by atoms with Crippen molar-refractivity contribution < 1.29 is 4.74 Å². The molecule has 4 heteroatoms. The van der Waals surface area contributed by atoms with Crippen LogP contribution in [0.15, 0.2) is 43.1 Å². The fourth-order valence-corrected chi connectivity index (χ4v) is 4.50. The van der Waals surface area contributed by atoms with Gasteiger partial charge in [-0.1, -0.05) is 56.2 Å². The number of nitrogens with zero attached hydrogens (tertiary/aromatic N) is 2. The molecule has 1 spiro atoms. The second kappa shape index (κ2) is 6.58. The van der Waals surface area contributed by atoms with Gasteiger partial charge in [-0.05, 0) is 31.7 Å². The topological polar surface area (TPSA) is 39.1 Å². The molecular weight excluding hydrogens is 310 g/mol. The Morgan fingerprint density at radius 3 is 2.76 bits per heavy atom. The third-order valence-electron chi connectivity index (χ3n) is 5.72. The predicted octanol–water partition coefficient (Wildman–Crippen LogP) is 5.11. The van der Waals surface area contributed by atoms with Crippen LogP contribution in [0.2, 0.25) is 0 Å². The van der Waals surface area contributed by atoms with Crippen LogP contribution in [0.4, 0.5) is 5.82 Å². The van der Waals surface area contributed by atoms with E-state index in [1.165, 1.54) is 37.7 Å². The number of hydrogen-bond donors (Lipinski definition) is 1. The highest BCUT2D eigenvalue weighted by Crippen LogP contribution is 2.48. The van der Waals surface area contributed by atoms with Crippen LogP contribution in [0.3, 0.4) is 0 Å². The molecule has 1 aliphatic heterocycles. The summed E-state index contributed by atoms with van der Waals surface area (Å²) >= 11 is 0. The van der Waals surface area contributed by atoms with Gasteiger partial charge < -0.3 is 10.1 Å². The first-order valence-corrected chi connectivity index (χ1v) is 9.45. The van der Waals surface area contributed by atoms with Gasteiger partial charge in [0.05, 0.1) is 29.9 Å². The largest absolute Gasteiger partial charge is 0.494 e. The van der Waals surface area contributed by atoms with Crippen molar-refractivity contribution in [3.8, 4) is 0 Å². The summed E-state index contributed by atoms with van der Waals surface area (Å²) < 4.78 is 7.92. The quantitative estimate of drug-likeness (QED) is 0.788. The van der Waals surface area contributed by atoms with Crippen molar-refractivity contribution in [1.29, 1.82) is 0 Å². The molecule has 1 aromatic heterocycles. The number of fused-ring (bicyclic) bond motifs is 2. The highest BCUT2D eigenvalue weighted by Gasteiger charge is 2.43. The predicted molar refractivity (Wildman–Crippen MR) is 101 cm³/mol. The molecule has 0 amide bonds. The first-order chi connectivity index (χ1) is 12.2. The van der Waals surface area contributed by atoms with E-state index in [1.54, 1.807) is 0 Å². The summed E-state index contributed by atoms with van der Waals surface area (Å²) in [5, 5.41) is 8.51. The lowest BCUT2D eigenvalue weighted by Gasteiger charge is -2.45. The van der Waals surface area contributed by atoms with Gasteiger partial charge in [0.25, 0.3) is 0 Å². The second-order valence-electron chi connectivity index (χ2n) is 7.27. The lowest BCUT2D eigenvalue weighted by atomic mass is 9.75. The van der Waals surface area contributed by atoms with Crippen molar-refractivity contribution in [3.63, 3.8) is 0 Å². The van der Waals surface area contributed by atoms with E-state index in [4.69, 9.17) is 9.84 Å². The van der Waals surface area contributed by atoms with Crippen LogP contribution >= 0.6 is 0 Å². The molecule has 0 saturated heterocycles. The van der Waals surface area contributed by atoms with E-state index in [1.807, 2.05) is 13.1 Å². The number of nitrogens with one attached hydrogen (secondary N) is 1. The average Bonchev–Trinajstić information content (AvgIpc) is 3.08. The van der Waals surface area contributed by atoms with Crippen LogP contribution in [-0.2, 0) is 10.3 Å². The zero-order valence-corrected chi connectivity index (χ0v) is 15.0. The van der Waals surface area contributed by atoms with Gasteiger partial charge in [0.1, 0.15) is 11.6 Å². The van der Waals surface area contributed by atoms with Gasteiger partial charge in [0, 0.05) is 0 Å². The van der Waals surface area contributed by atoms with E-state index in [-0.39, 0.29) is 5.54 Å². The van der Waals surface area contributed by atoms with Crippen LogP contribution in [0.5, 0.6) is 0 Å². The highest BCUT2D eigenvalue weighted by atomic mass is 16.5. The van der Waals surface area contributed by atoms with Crippen LogP contribution < -0.4 is 5.32 Å². The van der Waals surface area contributed by atoms with Crippen molar-refractivity contribution in [2.75, 3.05) is 11.9 Å². The molecule has 2 heterocycles. The average molecular weight is 337 g/mol. The lowest BCUT2D eigenvalue weighted by Crippen LogP contribution is -2.44. The molecule has 2 aromatic rings. The maximum Gasteiger partial charge on any atom is 0.136 e. The molecule has 4 nitrogen and oxygen atoms in total. The standard InChI is InChI=1S/C21H27N3O/c1-3-25-16(2)18-15-22-24-20(18)23-19(17-10-6-4-7-11-17)14-21(24)12-8-5-9-13-21/h4,6-7,10-11,15,19,23H,2-3,5,8-9,12-14H2,1H3.